The molecular formula is C15H20ClN3S. The Balaban J connectivity index is 2.45. The molecule has 0 amide bonds. The summed E-state index contributed by atoms with van der Waals surface area (Å²) in [6.45, 7) is 6.99. The number of hydrogen-bond donors (Lipinski definition) is 2. The summed E-state index contributed by atoms with van der Waals surface area (Å²) >= 11 is 10.9. The zero-order chi connectivity index (χ0) is 15.0. The highest BCUT2D eigenvalue weighted by molar-refractivity contribution is 7.80. The quantitative estimate of drug-likeness (QED) is 0.493. The first-order chi connectivity index (χ1) is 9.47. The Kier molecular flexibility index (Phi) is 7.26. The molecular weight excluding hydrogens is 290 g/mol. The van der Waals surface area contributed by atoms with Gasteiger partial charge in [-0.1, -0.05) is 43.7 Å². The first kappa shape index (κ1) is 16.7. The highest BCUT2D eigenvalue weighted by Crippen LogP contribution is 2.10. The van der Waals surface area contributed by atoms with Crippen LogP contribution in [-0.4, -0.2) is 17.4 Å². The SMILES string of the molecule is CC(/C=C\c1ccc(Cl)cc1)=N/NC(=S)NCC(C)C. The van der Waals surface area contributed by atoms with Crippen LogP contribution in [0.2, 0.25) is 5.02 Å². The van der Waals surface area contributed by atoms with Crippen molar-refractivity contribution in [2.24, 2.45) is 11.0 Å². The molecule has 0 unspecified atom stereocenters. The van der Waals surface area contributed by atoms with E-state index in [-0.39, 0.29) is 0 Å². The van der Waals surface area contributed by atoms with Crippen molar-refractivity contribution >= 4 is 40.7 Å². The highest BCUT2D eigenvalue weighted by atomic mass is 35.5. The van der Waals surface area contributed by atoms with E-state index in [1.807, 2.05) is 43.3 Å². The van der Waals surface area contributed by atoms with Gasteiger partial charge in [0.25, 0.3) is 0 Å². The molecule has 5 heteroatoms. The Bertz CT molecular complexity index is 492. The maximum absolute atomic E-state index is 5.83. The fourth-order valence-electron chi connectivity index (χ4n) is 1.30. The van der Waals surface area contributed by atoms with Crippen LogP contribution in [0.15, 0.2) is 35.4 Å². The number of halogens is 1. The number of benzene rings is 1. The summed E-state index contributed by atoms with van der Waals surface area (Å²) in [5.41, 5.74) is 4.73. The topological polar surface area (TPSA) is 36.4 Å². The van der Waals surface area contributed by atoms with E-state index in [0.717, 1.165) is 22.8 Å². The van der Waals surface area contributed by atoms with E-state index >= 15 is 0 Å². The molecule has 0 saturated carbocycles. The van der Waals surface area contributed by atoms with Crippen molar-refractivity contribution in [1.29, 1.82) is 0 Å². The van der Waals surface area contributed by atoms with E-state index in [1.54, 1.807) is 0 Å². The lowest BCUT2D eigenvalue weighted by atomic mass is 10.2. The number of nitrogens with one attached hydrogen (secondary N) is 2. The van der Waals surface area contributed by atoms with Crippen molar-refractivity contribution in [2.75, 3.05) is 6.54 Å². The van der Waals surface area contributed by atoms with Crippen molar-refractivity contribution in [3.8, 4) is 0 Å². The zero-order valence-electron chi connectivity index (χ0n) is 12.0. The molecule has 108 valence electrons. The van der Waals surface area contributed by atoms with E-state index in [1.165, 1.54) is 0 Å². The van der Waals surface area contributed by atoms with Crippen LogP contribution in [0.25, 0.3) is 6.08 Å². The van der Waals surface area contributed by atoms with Crippen molar-refractivity contribution < 1.29 is 0 Å². The molecule has 0 aromatic heterocycles. The van der Waals surface area contributed by atoms with Gasteiger partial charge >= 0.3 is 0 Å². The van der Waals surface area contributed by atoms with E-state index in [9.17, 15) is 0 Å². The number of hydrazone groups is 1. The third kappa shape index (κ3) is 7.26. The molecule has 0 radical (unpaired) electrons. The summed E-state index contributed by atoms with van der Waals surface area (Å²) in [5, 5.41) is 8.55. The normalized spacial score (nSPS) is 11.9. The molecule has 2 N–H and O–H groups in total. The van der Waals surface area contributed by atoms with Crippen molar-refractivity contribution in [2.45, 2.75) is 20.8 Å². The second kappa shape index (κ2) is 8.72. The first-order valence-corrected chi connectivity index (χ1v) is 7.28. The standard InChI is InChI=1S/C15H20ClN3S/c1-11(2)10-17-15(20)19-18-12(3)4-5-13-6-8-14(16)9-7-13/h4-9,11H,10H2,1-3H3,(H2,17,19,20)/b5-4-,18-12-. The molecule has 20 heavy (non-hydrogen) atoms. The summed E-state index contributed by atoms with van der Waals surface area (Å²) in [6, 6.07) is 7.62. The molecule has 0 fully saturated rings. The van der Waals surface area contributed by atoms with Gasteiger partial charge < -0.3 is 5.32 Å². The first-order valence-electron chi connectivity index (χ1n) is 6.49. The molecule has 3 nitrogen and oxygen atoms in total. The van der Waals surface area contributed by atoms with Crippen molar-refractivity contribution in [3.05, 3.63) is 40.9 Å². The monoisotopic (exact) mass is 309 g/mol. The van der Waals surface area contributed by atoms with E-state index in [4.69, 9.17) is 23.8 Å². The fraction of sp³-hybridized carbons (Fsp3) is 0.333. The lowest BCUT2D eigenvalue weighted by Gasteiger charge is -2.09. The Morgan fingerprint density at radius 3 is 2.60 bits per heavy atom. The third-order valence-electron chi connectivity index (χ3n) is 2.39. The van der Waals surface area contributed by atoms with Crippen LogP contribution in [-0.2, 0) is 0 Å². The molecule has 0 aliphatic heterocycles. The van der Waals surface area contributed by atoms with Gasteiger partial charge in [0.1, 0.15) is 0 Å². The van der Waals surface area contributed by atoms with Crippen molar-refractivity contribution in [3.63, 3.8) is 0 Å². The smallest absolute Gasteiger partial charge is 0.186 e. The number of hydrogen-bond acceptors (Lipinski definition) is 2. The van der Waals surface area contributed by atoms with E-state index in [0.29, 0.717) is 11.0 Å². The van der Waals surface area contributed by atoms with Gasteiger partial charge in [-0.25, -0.2) is 0 Å². The maximum Gasteiger partial charge on any atom is 0.186 e. The summed E-state index contributed by atoms with van der Waals surface area (Å²) in [4.78, 5) is 0. The average molecular weight is 310 g/mol. The lowest BCUT2D eigenvalue weighted by molar-refractivity contribution is 0.621. The van der Waals surface area contributed by atoms with Crippen LogP contribution in [0.5, 0.6) is 0 Å². The number of rotatable bonds is 5. The van der Waals surface area contributed by atoms with Crippen LogP contribution >= 0.6 is 23.8 Å². The van der Waals surface area contributed by atoms with Crippen LogP contribution in [0.1, 0.15) is 26.3 Å². The molecule has 0 spiro atoms. The molecule has 0 saturated heterocycles. The van der Waals surface area contributed by atoms with Gasteiger partial charge in [-0.15, -0.1) is 0 Å². The minimum atomic E-state index is 0.540. The van der Waals surface area contributed by atoms with Crippen LogP contribution in [0.4, 0.5) is 0 Å². The molecule has 0 heterocycles. The molecule has 1 aromatic carbocycles. The van der Waals surface area contributed by atoms with Crippen molar-refractivity contribution in [1.82, 2.24) is 10.7 Å². The summed E-state index contributed by atoms with van der Waals surface area (Å²) in [6.07, 6.45) is 3.89. The van der Waals surface area contributed by atoms with Gasteiger partial charge in [0.05, 0.1) is 5.71 Å². The van der Waals surface area contributed by atoms with Gasteiger partial charge in [-0.05, 0) is 48.8 Å². The second-order valence-electron chi connectivity index (χ2n) is 4.85. The largest absolute Gasteiger partial charge is 0.361 e. The van der Waals surface area contributed by atoms with Gasteiger partial charge in [-0.2, -0.15) is 5.10 Å². The minimum Gasteiger partial charge on any atom is -0.361 e. The fourth-order valence-corrected chi connectivity index (χ4v) is 1.56. The number of allylic oxidation sites excluding steroid dienone is 1. The van der Waals surface area contributed by atoms with Crippen LogP contribution in [0, 0.1) is 5.92 Å². The number of thiocarbonyl (C=S) groups is 1. The van der Waals surface area contributed by atoms with Crippen LogP contribution in [0.3, 0.4) is 0 Å². The molecule has 1 rings (SSSR count). The molecule has 0 bridgehead atoms. The van der Waals surface area contributed by atoms with Gasteiger partial charge in [0, 0.05) is 11.6 Å². The Labute approximate surface area is 131 Å². The molecule has 0 aliphatic rings. The number of nitrogens with zero attached hydrogens (tertiary/aromatic N) is 1. The predicted octanol–water partition coefficient (Wildman–Crippen LogP) is 3.85. The Morgan fingerprint density at radius 1 is 1.35 bits per heavy atom. The van der Waals surface area contributed by atoms with Gasteiger partial charge in [0.2, 0.25) is 0 Å². The van der Waals surface area contributed by atoms with E-state index < -0.39 is 0 Å². The van der Waals surface area contributed by atoms with Crippen LogP contribution < -0.4 is 10.7 Å². The lowest BCUT2D eigenvalue weighted by Crippen LogP contribution is -2.34. The third-order valence-corrected chi connectivity index (χ3v) is 2.88. The molecule has 0 atom stereocenters. The zero-order valence-corrected chi connectivity index (χ0v) is 13.6. The summed E-state index contributed by atoms with van der Waals surface area (Å²) in [5.74, 6) is 0.546. The molecule has 0 aliphatic carbocycles. The van der Waals surface area contributed by atoms with Gasteiger partial charge in [0.15, 0.2) is 5.11 Å². The Hall–Kier alpha value is -1.39. The molecule has 1 aromatic rings. The summed E-state index contributed by atoms with van der Waals surface area (Å²) < 4.78 is 0. The maximum atomic E-state index is 5.83. The highest BCUT2D eigenvalue weighted by Gasteiger charge is 1.96. The average Bonchev–Trinajstić information content (AvgIpc) is 2.42. The predicted molar refractivity (Wildman–Crippen MR) is 92.2 cm³/mol. The van der Waals surface area contributed by atoms with Gasteiger partial charge in [-0.3, -0.25) is 5.43 Å². The second-order valence-corrected chi connectivity index (χ2v) is 5.70. The van der Waals surface area contributed by atoms with E-state index in [2.05, 4.69) is 29.7 Å². The summed E-state index contributed by atoms with van der Waals surface area (Å²) in [7, 11) is 0. The Morgan fingerprint density at radius 2 is 2.00 bits per heavy atom. The minimum absolute atomic E-state index is 0.540.